The van der Waals surface area contributed by atoms with Crippen molar-refractivity contribution in [2.45, 2.75) is 62.8 Å². The Hall–Kier alpha value is -2.73. The van der Waals surface area contributed by atoms with Crippen molar-refractivity contribution in [3.8, 4) is 0 Å². The van der Waals surface area contributed by atoms with Crippen molar-refractivity contribution in [2.75, 3.05) is 20.1 Å². The van der Waals surface area contributed by atoms with E-state index in [2.05, 4.69) is 9.97 Å². The third-order valence-corrected chi connectivity index (χ3v) is 7.02. The van der Waals surface area contributed by atoms with Crippen LogP contribution < -0.4 is 0 Å². The van der Waals surface area contributed by atoms with Gasteiger partial charge in [0.15, 0.2) is 0 Å². The molecular formula is C24H26F6N4O2. The number of amides is 1. The number of rotatable bonds is 5. The number of likely N-dealkylation sites (N-methyl/N-ethyl adjacent to an activating group) is 1. The van der Waals surface area contributed by atoms with Crippen molar-refractivity contribution < 1.29 is 35.9 Å². The second kappa shape index (κ2) is 9.29. The normalized spacial score (nSPS) is 21.7. The number of halogens is 6. The van der Waals surface area contributed by atoms with Gasteiger partial charge in [-0.25, -0.2) is 4.98 Å². The highest BCUT2D eigenvalue weighted by atomic mass is 19.4. The molecule has 0 aliphatic carbocycles. The molecule has 2 aromatic rings. The van der Waals surface area contributed by atoms with Gasteiger partial charge in [0.2, 0.25) is 0 Å². The predicted octanol–water partition coefficient (Wildman–Crippen LogP) is 4.75. The summed E-state index contributed by atoms with van der Waals surface area (Å²) < 4.78 is 85.9. The minimum Gasteiger partial charge on any atom is -0.352 e. The average Bonchev–Trinajstić information content (AvgIpc) is 3.64. The number of ether oxygens (including phenoxy) is 1. The number of hydrogen-bond donors (Lipinski definition) is 0. The van der Waals surface area contributed by atoms with Gasteiger partial charge in [0.25, 0.3) is 5.91 Å². The Kier molecular flexibility index (Phi) is 6.80. The van der Waals surface area contributed by atoms with Crippen LogP contribution in [0, 0.1) is 0 Å². The highest BCUT2D eigenvalue weighted by molar-refractivity contribution is 5.92. The number of carbonyl (C=O) groups is 1. The van der Waals surface area contributed by atoms with Gasteiger partial charge in [0.1, 0.15) is 18.0 Å². The van der Waals surface area contributed by atoms with E-state index in [9.17, 15) is 31.1 Å². The maximum Gasteiger partial charge on any atom is 0.416 e. The van der Waals surface area contributed by atoms with Gasteiger partial charge in [0.05, 0.1) is 17.3 Å². The molecule has 0 saturated carbocycles. The van der Waals surface area contributed by atoms with Crippen molar-refractivity contribution in [1.29, 1.82) is 0 Å². The molecular weight excluding hydrogens is 490 g/mol. The molecule has 36 heavy (non-hydrogen) atoms. The van der Waals surface area contributed by atoms with E-state index in [1.165, 1.54) is 18.6 Å². The number of piperidine rings is 1. The van der Waals surface area contributed by atoms with E-state index >= 15 is 0 Å². The lowest BCUT2D eigenvalue weighted by molar-refractivity contribution is -0.143. The molecule has 2 saturated heterocycles. The van der Waals surface area contributed by atoms with E-state index in [1.54, 1.807) is 18.7 Å². The SMILES string of the molecule is CN(C1CCN(C(=O)c2cnccn2)CC1)C1OC1C(C)(C)c1cc(C(F)(F)F)cc(C(F)(F)F)c1. The molecule has 2 fully saturated rings. The fraction of sp³-hybridized carbons (Fsp3) is 0.542. The van der Waals surface area contributed by atoms with Gasteiger partial charge in [-0.2, -0.15) is 26.3 Å². The lowest BCUT2D eigenvalue weighted by atomic mass is 9.79. The third kappa shape index (κ3) is 5.34. The number of epoxide rings is 1. The van der Waals surface area contributed by atoms with E-state index in [4.69, 9.17) is 4.74 Å². The first kappa shape index (κ1) is 26.3. The maximum atomic E-state index is 13.3. The minimum atomic E-state index is -4.91. The first-order chi connectivity index (χ1) is 16.7. The molecule has 1 aromatic carbocycles. The lowest BCUT2D eigenvalue weighted by Gasteiger charge is -2.36. The van der Waals surface area contributed by atoms with Crippen LogP contribution in [0.2, 0.25) is 0 Å². The molecule has 1 aromatic heterocycles. The summed E-state index contributed by atoms with van der Waals surface area (Å²) in [6.07, 6.45) is -5.27. The summed E-state index contributed by atoms with van der Waals surface area (Å²) in [6.45, 7) is 4.13. The van der Waals surface area contributed by atoms with Crippen LogP contribution in [0.1, 0.15) is 53.9 Å². The molecule has 0 N–H and O–H groups in total. The van der Waals surface area contributed by atoms with Crippen LogP contribution in [0.5, 0.6) is 0 Å². The smallest absolute Gasteiger partial charge is 0.352 e. The zero-order valence-electron chi connectivity index (χ0n) is 19.9. The maximum absolute atomic E-state index is 13.3. The topological polar surface area (TPSA) is 61.9 Å². The van der Waals surface area contributed by atoms with E-state index in [1.807, 2.05) is 11.9 Å². The fourth-order valence-corrected chi connectivity index (χ4v) is 4.69. The van der Waals surface area contributed by atoms with Crippen molar-refractivity contribution in [2.24, 2.45) is 0 Å². The van der Waals surface area contributed by atoms with Gasteiger partial charge in [-0.05, 0) is 43.7 Å². The summed E-state index contributed by atoms with van der Waals surface area (Å²) in [6, 6.07) is 1.70. The Morgan fingerprint density at radius 3 is 2.03 bits per heavy atom. The second-order valence-electron chi connectivity index (χ2n) is 9.74. The van der Waals surface area contributed by atoms with Gasteiger partial charge >= 0.3 is 12.4 Å². The van der Waals surface area contributed by atoms with Crippen molar-refractivity contribution in [3.63, 3.8) is 0 Å². The second-order valence-corrected chi connectivity index (χ2v) is 9.74. The Labute approximate surface area is 204 Å². The first-order valence-electron chi connectivity index (χ1n) is 11.4. The van der Waals surface area contributed by atoms with Gasteiger partial charge < -0.3 is 9.64 Å². The van der Waals surface area contributed by atoms with Crippen LogP contribution in [-0.2, 0) is 22.5 Å². The molecule has 3 heterocycles. The van der Waals surface area contributed by atoms with Crippen LogP contribution in [0.4, 0.5) is 26.3 Å². The Bertz CT molecular complexity index is 1070. The molecule has 0 radical (unpaired) electrons. The van der Waals surface area contributed by atoms with Crippen molar-refractivity contribution >= 4 is 5.91 Å². The van der Waals surface area contributed by atoms with Crippen molar-refractivity contribution in [3.05, 3.63) is 59.2 Å². The number of alkyl halides is 6. The molecule has 6 nitrogen and oxygen atoms in total. The average molecular weight is 516 g/mol. The molecule has 12 heteroatoms. The number of nitrogens with zero attached hydrogens (tertiary/aromatic N) is 4. The zero-order chi connectivity index (χ0) is 26.5. The predicted molar refractivity (Wildman–Crippen MR) is 117 cm³/mol. The minimum absolute atomic E-state index is 0.0361. The monoisotopic (exact) mass is 516 g/mol. The summed E-state index contributed by atoms with van der Waals surface area (Å²) in [4.78, 5) is 24.2. The fourth-order valence-electron chi connectivity index (χ4n) is 4.69. The summed E-state index contributed by atoms with van der Waals surface area (Å²) in [7, 11) is 1.82. The first-order valence-corrected chi connectivity index (χ1v) is 11.4. The summed E-state index contributed by atoms with van der Waals surface area (Å²) >= 11 is 0. The molecule has 2 aliphatic rings. The van der Waals surface area contributed by atoms with Crippen LogP contribution in [-0.4, -0.2) is 64.2 Å². The van der Waals surface area contributed by atoms with Crippen LogP contribution >= 0.6 is 0 Å². The number of benzene rings is 1. The third-order valence-electron chi connectivity index (χ3n) is 7.02. The van der Waals surface area contributed by atoms with E-state index in [0.717, 1.165) is 12.1 Å². The molecule has 2 atom stereocenters. The number of hydrogen-bond acceptors (Lipinski definition) is 5. The Morgan fingerprint density at radius 2 is 1.53 bits per heavy atom. The molecule has 1 amide bonds. The van der Waals surface area contributed by atoms with Gasteiger partial charge in [0, 0.05) is 36.9 Å². The van der Waals surface area contributed by atoms with Gasteiger partial charge in [-0.15, -0.1) is 0 Å². The largest absolute Gasteiger partial charge is 0.416 e. The van der Waals surface area contributed by atoms with Crippen LogP contribution in [0.15, 0.2) is 36.8 Å². The molecule has 4 rings (SSSR count). The Morgan fingerprint density at radius 1 is 0.972 bits per heavy atom. The standard InChI is InChI=1S/C24H26F6N4O2/c1-22(2,14-10-15(23(25,26)27)12-16(11-14)24(28,29)30)19-21(36-19)33(3)17-4-8-34(9-5-17)20(35)18-13-31-6-7-32-18/h6-7,10-13,17,19,21H,4-5,8-9H2,1-3H3. The number of aromatic nitrogens is 2. The van der Waals surface area contributed by atoms with Crippen LogP contribution in [0.3, 0.4) is 0 Å². The van der Waals surface area contributed by atoms with E-state index in [0.29, 0.717) is 25.9 Å². The summed E-state index contributed by atoms with van der Waals surface area (Å²) in [5, 5.41) is 0. The number of carbonyl (C=O) groups excluding carboxylic acids is 1. The summed E-state index contributed by atoms with van der Waals surface area (Å²) in [5.41, 5.74) is -3.62. The van der Waals surface area contributed by atoms with Gasteiger partial charge in [-0.1, -0.05) is 13.8 Å². The summed E-state index contributed by atoms with van der Waals surface area (Å²) in [5.74, 6) is -0.212. The highest BCUT2D eigenvalue weighted by Gasteiger charge is 2.54. The van der Waals surface area contributed by atoms with Crippen molar-refractivity contribution in [1.82, 2.24) is 19.8 Å². The van der Waals surface area contributed by atoms with E-state index < -0.39 is 41.2 Å². The molecule has 2 aliphatic heterocycles. The van der Waals surface area contributed by atoms with Gasteiger partial charge in [-0.3, -0.25) is 14.7 Å². The highest BCUT2D eigenvalue weighted by Crippen LogP contribution is 2.46. The molecule has 196 valence electrons. The molecule has 0 spiro atoms. The lowest BCUT2D eigenvalue weighted by Crippen LogP contribution is -2.47. The molecule has 2 unspecified atom stereocenters. The molecule has 0 bridgehead atoms. The number of likely N-dealkylation sites (tertiary alicyclic amines) is 1. The van der Waals surface area contributed by atoms with Crippen LogP contribution in [0.25, 0.3) is 0 Å². The quantitative estimate of drug-likeness (QED) is 0.424. The Balaban J connectivity index is 1.44. The zero-order valence-corrected chi connectivity index (χ0v) is 19.9. The van der Waals surface area contributed by atoms with E-state index in [-0.39, 0.29) is 29.3 Å².